The molecule has 0 amide bonds. The van der Waals surface area contributed by atoms with Gasteiger partial charge in [0.25, 0.3) is 0 Å². The van der Waals surface area contributed by atoms with Crippen LogP contribution in [0.5, 0.6) is 0 Å². The number of nitrogens with one attached hydrogen (secondary N) is 2. The minimum atomic E-state index is -3.32. The molecule has 0 bridgehead atoms. The average Bonchev–Trinajstić information content (AvgIpc) is 2.94. The summed E-state index contributed by atoms with van der Waals surface area (Å²) in [5.74, 6) is 0.0884. The monoisotopic (exact) mass is 363 g/mol. The molecule has 7 heteroatoms. The van der Waals surface area contributed by atoms with Crippen LogP contribution in [-0.2, 0) is 10.0 Å². The van der Waals surface area contributed by atoms with Gasteiger partial charge in [0.2, 0.25) is 10.0 Å². The average molecular weight is 364 g/mol. The normalized spacial score (nSPS) is 22.3. The Kier molecular flexibility index (Phi) is 5.43. The predicted octanol–water partition coefficient (Wildman–Crippen LogP) is 2.68. The van der Waals surface area contributed by atoms with Crippen LogP contribution in [0.25, 0.3) is 0 Å². The summed E-state index contributed by atoms with van der Waals surface area (Å²) in [6.07, 6.45) is 8.71. The number of anilines is 1. The number of sulfonamides is 1. The zero-order valence-corrected chi connectivity index (χ0v) is 15.1. The van der Waals surface area contributed by atoms with E-state index in [0.717, 1.165) is 11.3 Å². The number of rotatable bonds is 7. The fourth-order valence-electron chi connectivity index (χ4n) is 2.57. The molecule has 128 valence electrons. The fraction of sp³-hybridized carbons (Fsp3) is 0.353. The van der Waals surface area contributed by atoms with Gasteiger partial charge in [-0.1, -0.05) is 30.4 Å². The fourth-order valence-corrected chi connectivity index (χ4v) is 4.82. The van der Waals surface area contributed by atoms with Gasteiger partial charge in [-0.15, -0.1) is 11.8 Å². The number of hydrogen-bond acceptors (Lipinski definition) is 5. The van der Waals surface area contributed by atoms with Gasteiger partial charge in [0.05, 0.1) is 16.7 Å². The van der Waals surface area contributed by atoms with E-state index < -0.39 is 10.0 Å². The highest BCUT2D eigenvalue weighted by Crippen LogP contribution is 2.29. The highest BCUT2D eigenvalue weighted by Gasteiger charge is 2.25. The highest BCUT2D eigenvalue weighted by molar-refractivity contribution is 8.01. The second-order valence-electron chi connectivity index (χ2n) is 5.81. The Morgan fingerprint density at radius 1 is 1.29 bits per heavy atom. The third kappa shape index (κ3) is 4.72. The Morgan fingerprint density at radius 3 is 2.96 bits per heavy atom. The number of aliphatic imine (C=N–C) groups is 1. The molecule has 0 aromatic heterocycles. The van der Waals surface area contributed by atoms with Crippen LogP contribution in [0, 0.1) is 6.92 Å². The molecule has 0 saturated heterocycles. The first-order chi connectivity index (χ1) is 11.5. The molecule has 24 heavy (non-hydrogen) atoms. The van der Waals surface area contributed by atoms with Crippen molar-refractivity contribution in [2.75, 3.05) is 17.0 Å². The first-order valence-corrected chi connectivity index (χ1v) is 10.5. The van der Waals surface area contributed by atoms with Gasteiger partial charge in [0, 0.05) is 5.69 Å². The van der Waals surface area contributed by atoms with Crippen molar-refractivity contribution in [3.05, 3.63) is 54.1 Å². The summed E-state index contributed by atoms with van der Waals surface area (Å²) < 4.78 is 26.9. The summed E-state index contributed by atoms with van der Waals surface area (Å²) in [5, 5.41) is 3.62. The van der Waals surface area contributed by atoms with E-state index in [2.05, 4.69) is 21.1 Å². The smallest absolute Gasteiger partial charge is 0.232 e. The van der Waals surface area contributed by atoms with Gasteiger partial charge in [0.1, 0.15) is 5.50 Å². The Balaban J connectivity index is 1.42. The molecular weight excluding hydrogens is 342 g/mol. The molecular formula is C17H21N3O2S2. The molecule has 2 unspecified atom stereocenters. The SMILES string of the molecule is Cc1cccc(NS(=O)(=O)CCCNC2N=C3C=CC=CC3S2)c1. The zero-order chi connectivity index (χ0) is 17.0. The molecule has 0 saturated carbocycles. The number of aryl methyl sites for hydroxylation is 1. The van der Waals surface area contributed by atoms with Gasteiger partial charge in [-0.25, -0.2) is 8.42 Å². The van der Waals surface area contributed by atoms with Crippen molar-refractivity contribution >= 4 is 33.2 Å². The third-order valence-electron chi connectivity index (χ3n) is 3.70. The maximum atomic E-state index is 12.1. The van der Waals surface area contributed by atoms with E-state index in [1.54, 1.807) is 17.8 Å². The molecule has 2 aliphatic rings. The van der Waals surface area contributed by atoms with E-state index in [1.165, 1.54) is 0 Å². The molecule has 0 spiro atoms. The highest BCUT2D eigenvalue weighted by atomic mass is 32.2. The van der Waals surface area contributed by atoms with Crippen molar-refractivity contribution < 1.29 is 8.42 Å². The van der Waals surface area contributed by atoms with Gasteiger partial charge in [-0.05, 0) is 43.7 Å². The standard InChI is InChI=1S/C17H21N3O2S2/c1-13-6-4-7-14(12-13)20-24(21,22)11-5-10-18-17-19-15-8-2-3-9-16(15)23-17/h2-4,6-9,12,16-18,20H,5,10-11H2,1H3. The van der Waals surface area contributed by atoms with Crippen LogP contribution < -0.4 is 10.0 Å². The van der Waals surface area contributed by atoms with Gasteiger partial charge < -0.3 is 0 Å². The van der Waals surface area contributed by atoms with Gasteiger partial charge in [-0.2, -0.15) is 0 Å². The molecule has 1 aliphatic heterocycles. The van der Waals surface area contributed by atoms with Crippen molar-refractivity contribution in [3.8, 4) is 0 Å². The van der Waals surface area contributed by atoms with Crippen LogP contribution in [-0.4, -0.2) is 37.2 Å². The Bertz CT molecular complexity index is 785. The number of fused-ring (bicyclic) bond motifs is 1. The minimum absolute atomic E-state index is 0.00448. The quantitative estimate of drug-likeness (QED) is 0.731. The zero-order valence-electron chi connectivity index (χ0n) is 13.5. The topological polar surface area (TPSA) is 70.6 Å². The number of nitrogens with zero attached hydrogens (tertiary/aromatic N) is 1. The van der Waals surface area contributed by atoms with E-state index in [1.807, 2.05) is 43.4 Å². The van der Waals surface area contributed by atoms with Crippen LogP contribution in [0.15, 0.2) is 53.6 Å². The van der Waals surface area contributed by atoms with Crippen LogP contribution in [0.4, 0.5) is 5.69 Å². The first kappa shape index (κ1) is 17.3. The van der Waals surface area contributed by atoms with Crippen LogP contribution >= 0.6 is 11.8 Å². The van der Waals surface area contributed by atoms with Gasteiger partial charge in [0.15, 0.2) is 0 Å². The van der Waals surface area contributed by atoms with E-state index in [4.69, 9.17) is 0 Å². The molecule has 1 aliphatic carbocycles. The number of hydrogen-bond donors (Lipinski definition) is 2. The Labute approximate surface area is 147 Å². The second kappa shape index (κ2) is 7.55. The maximum absolute atomic E-state index is 12.1. The van der Waals surface area contributed by atoms with E-state index in [-0.39, 0.29) is 11.3 Å². The van der Waals surface area contributed by atoms with Crippen molar-refractivity contribution in [3.63, 3.8) is 0 Å². The lowest BCUT2D eigenvalue weighted by Crippen LogP contribution is -2.27. The largest absolute Gasteiger partial charge is 0.287 e. The van der Waals surface area contributed by atoms with E-state index >= 15 is 0 Å². The molecule has 0 radical (unpaired) electrons. The van der Waals surface area contributed by atoms with Crippen LogP contribution in [0.1, 0.15) is 12.0 Å². The molecule has 3 rings (SSSR count). The lowest BCUT2D eigenvalue weighted by Gasteiger charge is -2.12. The molecule has 1 heterocycles. The second-order valence-corrected chi connectivity index (χ2v) is 8.87. The molecule has 1 aromatic rings. The maximum Gasteiger partial charge on any atom is 0.232 e. The number of thioether (sulfide) groups is 1. The summed E-state index contributed by atoms with van der Waals surface area (Å²) in [5.41, 5.74) is 2.72. The van der Waals surface area contributed by atoms with Gasteiger partial charge in [-0.3, -0.25) is 15.0 Å². The molecule has 0 fully saturated rings. The van der Waals surface area contributed by atoms with Crippen molar-refractivity contribution in [2.45, 2.75) is 24.1 Å². The summed E-state index contributed by atoms with van der Waals surface area (Å²) in [6, 6.07) is 7.36. The first-order valence-electron chi connectivity index (χ1n) is 7.90. The molecule has 1 aromatic carbocycles. The molecule has 2 N–H and O–H groups in total. The number of benzene rings is 1. The Hall–Kier alpha value is -1.57. The predicted molar refractivity (Wildman–Crippen MR) is 102 cm³/mol. The summed E-state index contributed by atoms with van der Waals surface area (Å²) >= 11 is 1.74. The van der Waals surface area contributed by atoms with Crippen molar-refractivity contribution in [2.24, 2.45) is 4.99 Å². The summed E-state index contributed by atoms with van der Waals surface area (Å²) in [4.78, 5) is 4.59. The number of allylic oxidation sites excluding steroid dienone is 3. The summed E-state index contributed by atoms with van der Waals surface area (Å²) in [6.45, 7) is 2.55. The summed E-state index contributed by atoms with van der Waals surface area (Å²) in [7, 11) is -3.32. The lowest BCUT2D eigenvalue weighted by molar-refractivity contribution is 0.592. The van der Waals surface area contributed by atoms with Crippen molar-refractivity contribution in [1.29, 1.82) is 0 Å². The third-order valence-corrected chi connectivity index (χ3v) is 6.29. The minimum Gasteiger partial charge on any atom is -0.287 e. The van der Waals surface area contributed by atoms with Crippen LogP contribution in [0.2, 0.25) is 0 Å². The molecule has 2 atom stereocenters. The van der Waals surface area contributed by atoms with Gasteiger partial charge >= 0.3 is 0 Å². The molecule has 5 nitrogen and oxygen atoms in total. The van der Waals surface area contributed by atoms with E-state index in [0.29, 0.717) is 23.9 Å². The lowest BCUT2D eigenvalue weighted by atomic mass is 10.1. The Morgan fingerprint density at radius 2 is 2.17 bits per heavy atom. The van der Waals surface area contributed by atoms with E-state index in [9.17, 15) is 8.42 Å². The van der Waals surface area contributed by atoms with Crippen molar-refractivity contribution in [1.82, 2.24) is 5.32 Å². The van der Waals surface area contributed by atoms with Crippen LogP contribution in [0.3, 0.4) is 0 Å².